The van der Waals surface area contributed by atoms with Crippen molar-refractivity contribution in [3.05, 3.63) is 29.8 Å². The Labute approximate surface area is 140 Å². The van der Waals surface area contributed by atoms with Gasteiger partial charge in [0.25, 0.3) is 0 Å². The van der Waals surface area contributed by atoms with Gasteiger partial charge in [-0.25, -0.2) is 0 Å². The van der Waals surface area contributed by atoms with E-state index in [0.717, 1.165) is 24.4 Å². The topological polar surface area (TPSA) is 53.6 Å². The third kappa shape index (κ3) is 5.84. The fraction of sp³-hybridized carbons (Fsp3) is 0.611. The quantitative estimate of drug-likeness (QED) is 0.692. The SMILES string of the molecule is CCN(CC)C(CNC(=O)C(C)CNC)c1cccc(OC)c1. The molecule has 2 N–H and O–H groups in total. The first-order chi connectivity index (χ1) is 11.1. The summed E-state index contributed by atoms with van der Waals surface area (Å²) in [4.78, 5) is 14.5. The first kappa shape index (κ1) is 19.5. The van der Waals surface area contributed by atoms with Gasteiger partial charge >= 0.3 is 0 Å². The van der Waals surface area contributed by atoms with Crippen LogP contribution in [0.15, 0.2) is 24.3 Å². The number of benzene rings is 1. The van der Waals surface area contributed by atoms with E-state index in [0.29, 0.717) is 13.1 Å². The number of nitrogens with one attached hydrogen (secondary N) is 2. The van der Waals surface area contributed by atoms with E-state index < -0.39 is 0 Å². The predicted octanol–water partition coefficient (Wildman–Crippen LogP) is 2.05. The minimum absolute atomic E-state index is 0.0392. The van der Waals surface area contributed by atoms with Crippen molar-refractivity contribution in [3.63, 3.8) is 0 Å². The summed E-state index contributed by atoms with van der Waals surface area (Å²) in [6.07, 6.45) is 0. The Hall–Kier alpha value is -1.59. The van der Waals surface area contributed by atoms with Crippen molar-refractivity contribution in [2.24, 2.45) is 5.92 Å². The highest BCUT2D eigenvalue weighted by atomic mass is 16.5. The van der Waals surface area contributed by atoms with Gasteiger partial charge in [-0.1, -0.05) is 32.9 Å². The molecule has 0 saturated carbocycles. The van der Waals surface area contributed by atoms with E-state index in [2.05, 4.69) is 35.4 Å². The number of ether oxygens (including phenoxy) is 1. The van der Waals surface area contributed by atoms with Crippen molar-refractivity contribution in [1.82, 2.24) is 15.5 Å². The van der Waals surface area contributed by atoms with E-state index in [-0.39, 0.29) is 17.9 Å². The second-order valence-corrected chi connectivity index (χ2v) is 5.72. The van der Waals surface area contributed by atoms with Gasteiger partial charge in [0.2, 0.25) is 5.91 Å². The summed E-state index contributed by atoms with van der Waals surface area (Å²) >= 11 is 0. The maximum Gasteiger partial charge on any atom is 0.224 e. The maximum absolute atomic E-state index is 12.2. The molecule has 0 aliphatic carbocycles. The van der Waals surface area contributed by atoms with E-state index in [1.165, 1.54) is 0 Å². The highest BCUT2D eigenvalue weighted by Gasteiger charge is 2.20. The first-order valence-corrected chi connectivity index (χ1v) is 8.37. The van der Waals surface area contributed by atoms with E-state index in [1.807, 2.05) is 32.2 Å². The van der Waals surface area contributed by atoms with Crippen LogP contribution in [0.5, 0.6) is 5.75 Å². The summed E-state index contributed by atoms with van der Waals surface area (Å²) in [5, 5.41) is 6.13. The van der Waals surface area contributed by atoms with Crippen LogP contribution in [0.3, 0.4) is 0 Å². The number of rotatable bonds is 10. The molecular formula is C18H31N3O2. The lowest BCUT2D eigenvalue weighted by molar-refractivity contribution is -0.124. The van der Waals surface area contributed by atoms with Crippen molar-refractivity contribution in [1.29, 1.82) is 0 Å². The number of hydrogen-bond donors (Lipinski definition) is 2. The molecule has 5 heteroatoms. The van der Waals surface area contributed by atoms with Crippen molar-refractivity contribution < 1.29 is 9.53 Å². The number of likely N-dealkylation sites (N-methyl/N-ethyl adjacent to an activating group) is 1. The summed E-state index contributed by atoms with van der Waals surface area (Å²) in [6.45, 7) is 9.36. The van der Waals surface area contributed by atoms with Crippen LogP contribution < -0.4 is 15.4 Å². The van der Waals surface area contributed by atoms with Crippen LogP contribution in [-0.2, 0) is 4.79 Å². The van der Waals surface area contributed by atoms with Crippen LogP contribution in [0, 0.1) is 5.92 Å². The summed E-state index contributed by atoms with van der Waals surface area (Å²) in [7, 11) is 3.53. The van der Waals surface area contributed by atoms with E-state index in [9.17, 15) is 4.79 Å². The molecule has 2 atom stereocenters. The number of carbonyl (C=O) groups is 1. The van der Waals surface area contributed by atoms with Crippen LogP contribution in [0.4, 0.5) is 0 Å². The summed E-state index contributed by atoms with van der Waals surface area (Å²) in [5.41, 5.74) is 1.16. The lowest BCUT2D eigenvalue weighted by atomic mass is 10.0. The van der Waals surface area contributed by atoms with Gasteiger partial charge in [0.1, 0.15) is 5.75 Å². The maximum atomic E-state index is 12.2. The van der Waals surface area contributed by atoms with Gasteiger partial charge in [0.05, 0.1) is 13.2 Å². The van der Waals surface area contributed by atoms with Crippen LogP contribution in [0.1, 0.15) is 32.4 Å². The van der Waals surface area contributed by atoms with E-state index in [4.69, 9.17) is 4.74 Å². The molecule has 0 fully saturated rings. The van der Waals surface area contributed by atoms with Crippen molar-refractivity contribution in [2.45, 2.75) is 26.8 Å². The highest BCUT2D eigenvalue weighted by Crippen LogP contribution is 2.23. The fourth-order valence-corrected chi connectivity index (χ4v) is 2.74. The molecule has 23 heavy (non-hydrogen) atoms. The molecule has 0 spiro atoms. The number of nitrogens with zero attached hydrogens (tertiary/aromatic N) is 1. The summed E-state index contributed by atoms with van der Waals surface area (Å²) in [6, 6.07) is 8.22. The zero-order valence-electron chi connectivity index (χ0n) is 15.1. The van der Waals surface area contributed by atoms with Crippen molar-refractivity contribution in [3.8, 4) is 5.75 Å². The highest BCUT2D eigenvalue weighted by molar-refractivity contribution is 5.78. The zero-order valence-corrected chi connectivity index (χ0v) is 15.1. The Kier molecular flexibility index (Phi) is 8.66. The second-order valence-electron chi connectivity index (χ2n) is 5.72. The van der Waals surface area contributed by atoms with Crippen LogP contribution >= 0.6 is 0 Å². The van der Waals surface area contributed by atoms with Crippen LogP contribution in [0.2, 0.25) is 0 Å². The molecule has 0 aliphatic heterocycles. The van der Waals surface area contributed by atoms with E-state index in [1.54, 1.807) is 7.11 Å². The molecule has 2 unspecified atom stereocenters. The van der Waals surface area contributed by atoms with E-state index >= 15 is 0 Å². The monoisotopic (exact) mass is 321 g/mol. The molecular weight excluding hydrogens is 290 g/mol. The Balaban J connectivity index is 2.86. The van der Waals surface area contributed by atoms with Gasteiger partial charge < -0.3 is 15.4 Å². The molecule has 130 valence electrons. The van der Waals surface area contributed by atoms with Crippen LogP contribution in [0.25, 0.3) is 0 Å². The van der Waals surface area contributed by atoms with Crippen LogP contribution in [-0.4, -0.2) is 51.1 Å². The van der Waals surface area contributed by atoms with Gasteiger partial charge in [0, 0.05) is 19.0 Å². The van der Waals surface area contributed by atoms with Gasteiger partial charge in [-0.2, -0.15) is 0 Å². The molecule has 0 saturated heterocycles. The molecule has 1 amide bonds. The molecule has 1 aromatic rings. The lowest BCUT2D eigenvalue weighted by Crippen LogP contribution is -2.41. The van der Waals surface area contributed by atoms with Gasteiger partial charge in [0.15, 0.2) is 0 Å². The summed E-state index contributed by atoms with van der Waals surface area (Å²) in [5.74, 6) is 0.886. The number of hydrogen-bond acceptors (Lipinski definition) is 4. The average molecular weight is 321 g/mol. The first-order valence-electron chi connectivity index (χ1n) is 8.37. The fourth-order valence-electron chi connectivity index (χ4n) is 2.74. The molecule has 0 radical (unpaired) electrons. The second kappa shape index (κ2) is 10.2. The Bertz CT molecular complexity index is 475. The molecule has 0 aromatic heterocycles. The van der Waals surface area contributed by atoms with Crippen molar-refractivity contribution >= 4 is 5.91 Å². The standard InChI is InChI=1S/C18H31N3O2/c1-6-21(7-2)17(13-20-18(22)14(3)12-19-4)15-9-8-10-16(11-15)23-5/h8-11,14,17,19H,6-7,12-13H2,1-5H3,(H,20,22). The third-order valence-electron chi connectivity index (χ3n) is 4.16. The Morgan fingerprint density at radius 1 is 1.26 bits per heavy atom. The van der Waals surface area contributed by atoms with Crippen molar-refractivity contribution in [2.75, 3.05) is 40.3 Å². The van der Waals surface area contributed by atoms with Gasteiger partial charge in [-0.05, 0) is 37.8 Å². The minimum atomic E-state index is -0.0392. The largest absolute Gasteiger partial charge is 0.497 e. The molecule has 1 rings (SSSR count). The number of carbonyl (C=O) groups excluding carboxylic acids is 1. The zero-order chi connectivity index (χ0) is 17.2. The number of amides is 1. The molecule has 5 nitrogen and oxygen atoms in total. The average Bonchev–Trinajstić information content (AvgIpc) is 2.58. The molecule has 0 heterocycles. The predicted molar refractivity (Wildman–Crippen MR) is 94.8 cm³/mol. The number of methoxy groups -OCH3 is 1. The Morgan fingerprint density at radius 3 is 2.52 bits per heavy atom. The smallest absolute Gasteiger partial charge is 0.224 e. The lowest BCUT2D eigenvalue weighted by Gasteiger charge is -2.31. The summed E-state index contributed by atoms with van der Waals surface area (Å²) < 4.78 is 5.33. The third-order valence-corrected chi connectivity index (χ3v) is 4.16. The Morgan fingerprint density at radius 2 is 1.96 bits per heavy atom. The normalized spacial score (nSPS) is 13.7. The van der Waals surface area contributed by atoms with Gasteiger partial charge in [-0.15, -0.1) is 0 Å². The molecule has 0 aliphatic rings. The van der Waals surface area contributed by atoms with Gasteiger partial charge in [-0.3, -0.25) is 9.69 Å². The molecule has 1 aromatic carbocycles. The minimum Gasteiger partial charge on any atom is -0.497 e. The molecule has 0 bridgehead atoms.